The van der Waals surface area contributed by atoms with E-state index in [9.17, 15) is 5.11 Å². The third kappa shape index (κ3) is 5.00. The van der Waals surface area contributed by atoms with Gasteiger partial charge in [0.15, 0.2) is 0 Å². The van der Waals surface area contributed by atoms with Gasteiger partial charge in [-0.2, -0.15) is 0 Å². The lowest BCUT2D eigenvalue weighted by Gasteiger charge is -2.10. The number of halogens is 1. The summed E-state index contributed by atoms with van der Waals surface area (Å²) in [7, 11) is 0. The van der Waals surface area contributed by atoms with Gasteiger partial charge < -0.3 is 5.11 Å². The van der Waals surface area contributed by atoms with E-state index in [0.29, 0.717) is 5.02 Å². The molecule has 1 aromatic carbocycles. The van der Waals surface area contributed by atoms with Crippen molar-refractivity contribution in [2.45, 2.75) is 51.6 Å². The first kappa shape index (κ1) is 13.5. The van der Waals surface area contributed by atoms with Crippen LogP contribution in [0.3, 0.4) is 0 Å². The highest BCUT2D eigenvalue weighted by Gasteiger charge is 2.06. The van der Waals surface area contributed by atoms with Gasteiger partial charge in [-0.15, -0.1) is 0 Å². The molecule has 16 heavy (non-hydrogen) atoms. The topological polar surface area (TPSA) is 20.2 Å². The van der Waals surface area contributed by atoms with Crippen LogP contribution in [0.15, 0.2) is 24.3 Å². The number of aliphatic hydroxyl groups excluding tert-OH is 1. The average Bonchev–Trinajstić information content (AvgIpc) is 2.28. The zero-order chi connectivity index (χ0) is 11.8. The van der Waals surface area contributed by atoms with Crippen molar-refractivity contribution < 1.29 is 5.11 Å². The van der Waals surface area contributed by atoms with Crippen molar-refractivity contribution in [2.75, 3.05) is 0 Å². The Balaban J connectivity index is 2.27. The fourth-order valence-corrected chi connectivity index (χ4v) is 2.02. The molecule has 0 amide bonds. The molecule has 0 radical (unpaired) electrons. The third-order valence-corrected chi connectivity index (χ3v) is 3.05. The standard InChI is InChI=1S/C14H21ClO/c1-2-3-4-5-6-10-14(16)12-8-7-9-13(15)11-12/h7-9,11,14,16H,2-6,10H2,1H3. The average molecular weight is 241 g/mol. The molecule has 0 bridgehead atoms. The second-order valence-corrected chi connectivity index (χ2v) is 4.71. The minimum atomic E-state index is -0.361. The number of aliphatic hydroxyl groups is 1. The summed E-state index contributed by atoms with van der Waals surface area (Å²) in [5, 5.41) is 10.6. The van der Waals surface area contributed by atoms with E-state index in [1.807, 2.05) is 24.3 Å². The molecular weight excluding hydrogens is 220 g/mol. The summed E-state index contributed by atoms with van der Waals surface area (Å²) in [6.45, 7) is 2.21. The Labute approximate surface area is 103 Å². The largest absolute Gasteiger partial charge is 0.388 e. The van der Waals surface area contributed by atoms with Gasteiger partial charge in [-0.05, 0) is 24.1 Å². The van der Waals surface area contributed by atoms with Crippen LogP contribution in [-0.4, -0.2) is 5.11 Å². The molecule has 0 aliphatic rings. The Morgan fingerprint density at radius 1 is 1.19 bits per heavy atom. The predicted octanol–water partition coefficient (Wildman–Crippen LogP) is 4.73. The van der Waals surface area contributed by atoms with E-state index in [1.54, 1.807) is 0 Å². The smallest absolute Gasteiger partial charge is 0.0790 e. The van der Waals surface area contributed by atoms with Crippen molar-refractivity contribution >= 4 is 11.6 Å². The van der Waals surface area contributed by atoms with Gasteiger partial charge in [0.25, 0.3) is 0 Å². The Kier molecular flexibility index (Phi) is 6.51. The van der Waals surface area contributed by atoms with Gasteiger partial charge in [-0.25, -0.2) is 0 Å². The monoisotopic (exact) mass is 240 g/mol. The lowest BCUT2D eigenvalue weighted by atomic mass is 10.0. The van der Waals surface area contributed by atoms with E-state index in [2.05, 4.69) is 6.92 Å². The molecule has 0 heterocycles. The highest BCUT2D eigenvalue weighted by atomic mass is 35.5. The molecule has 2 heteroatoms. The fourth-order valence-electron chi connectivity index (χ4n) is 1.82. The number of unbranched alkanes of at least 4 members (excludes halogenated alkanes) is 4. The molecule has 0 aliphatic heterocycles. The van der Waals surface area contributed by atoms with Crippen molar-refractivity contribution in [3.63, 3.8) is 0 Å². The summed E-state index contributed by atoms with van der Waals surface area (Å²) in [5.41, 5.74) is 0.933. The summed E-state index contributed by atoms with van der Waals surface area (Å²) < 4.78 is 0. The predicted molar refractivity (Wildman–Crippen MR) is 69.8 cm³/mol. The SMILES string of the molecule is CCCCCCCC(O)c1cccc(Cl)c1. The molecule has 1 N–H and O–H groups in total. The maximum Gasteiger partial charge on any atom is 0.0790 e. The Morgan fingerprint density at radius 3 is 2.62 bits per heavy atom. The van der Waals surface area contributed by atoms with Crippen LogP contribution in [0.1, 0.15) is 57.1 Å². The first-order valence-electron chi connectivity index (χ1n) is 6.17. The first-order chi connectivity index (χ1) is 7.74. The molecular formula is C14H21ClO. The van der Waals surface area contributed by atoms with Gasteiger partial charge in [-0.1, -0.05) is 62.8 Å². The normalized spacial score (nSPS) is 12.7. The van der Waals surface area contributed by atoms with E-state index >= 15 is 0 Å². The second-order valence-electron chi connectivity index (χ2n) is 4.27. The Bertz CT molecular complexity index is 299. The van der Waals surface area contributed by atoms with Crippen molar-refractivity contribution in [2.24, 2.45) is 0 Å². The van der Waals surface area contributed by atoms with Crippen LogP contribution >= 0.6 is 11.6 Å². The lowest BCUT2D eigenvalue weighted by Crippen LogP contribution is -1.97. The minimum absolute atomic E-state index is 0.361. The summed E-state index contributed by atoms with van der Waals surface area (Å²) in [4.78, 5) is 0. The van der Waals surface area contributed by atoms with E-state index in [1.165, 1.54) is 25.7 Å². The van der Waals surface area contributed by atoms with Crippen molar-refractivity contribution in [1.82, 2.24) is 0 Å². The molecule has 0 spiro atoms. The molecule has 0 saturated carbocycles. The van der Waals surface area contributed by atoms with Gasteiger partial charge >= 0.3 is 0 Å². The fraction of sp³-hybridized carbons (Fsp3) is 0.571. The molecule has 1 atom stereocenters. The molecule has 1 nitrogen and oxygen atoms in total. The number of rotatable bonds is 7. The minimum Gasteiger partial charge on any atom is -0.388 e. The Morgan fingerprint density at radius 2 is 1.94 bits per heavy atom. The highest BCUT2D eigenvalue weighted by Crippen LogP contribution is 2.22. The Hall–Kier alpha value is -0.530. The van der Waals surface area contributed by atoms with Gasteiger partial charge in [0, 0.05) is 5.02 Å². The summed E-state index contributed by atoms with van der Waals surface area (Å²) >= 11 is 5.88. The van der Waals surface area contributed by atoms with Gasteiger partial charge in [-0.3, -0.25) is 0 Å². The van der Waals surface area contributed by atoms with Crippen LogP contribution in [0, 0.1) is 0 Å². The van der Waals surface area contributed by atoms with Crippen molar-refractivity contribution in [3.8, 4) is 0 Å². The van der Waals surface area contributed by atoms with E-state index < -0.39 is 0 Å². The zero-order valence-electron chi connectivity index (χ0n) is 9.95. The van der Waals surface area contributed by atoms with E-state index in [4.69, 9.17) is 11.6 Å². The quantitative estimate of drug-likeness (QED) is 0.683. The van der Waals surface area contributed by atoms with E-state index in [-0.39, 0.29) is 6.10 Å². The zero-order valence-corrected chi connectivity index (χ0v) is 10.7. The molecule has 0 fully saturated rings. The van der Waals surface area contributed by atoms with E-state index in [0.717, 1.165) is 18.4 Å². The maximum absolute atomic E-state index is 9.94. The summed E-state index contributed by atoms with van der Waals surface area (Å²) in [6, 6.07) is 7.50. The third-order valence-electron chi connectivity index (χ3n) is 2.81. The first-order valence-corrected chi connectivity index (χ1v) is 6.55. The molecule has 0 saturated heterocycles. The molecule has 0 aromatic heterocycles. The molecule has 90 valence electrons. The molecule has 1 unspecified atom stereocenters. The summed E-state index contributed by atoms with van der Waals surface area (Å²) in [5.74, 6) is 0. The van der Waals surface area contributed by atoms with Crippen molar-refractivity contribution in [1.29, 1.82) is 0 Å². The van der Waals surface area contributed by atoms with Crippen LogP contribution in [0.4, 0.5) is 0 Å². The van der Waals surface area contributed by atoms with Gasteiger partial charge in [0.1, 0.15) is 0 Å². The molecule has 1 aromatic rings. The second kappa shape index (κ2) is 7.70. The summed E-state index contributed by atoms with van der Waals surface area (Å²) in [6.07, 6.45) is 6.62. The van der Waals surface area contributed by atoms with Crippen LogP contribution in [0.5, 0.6) is 0 Å². The maximum atomic E-state index is 9.94. The highest BCUT2D eigenvalue weighted by molar-refractivity contribution is 6.30. The van der Waals surface area contributed by atoms with Crippen LogP contribution in [0.25, 0.3) is 0 Å². The van der Waals surface area contributed by atoms with Gasteiger partial charge in [0.2, 0.25) is 0 Å². The number of hydrogen-bond donors (Lipinski definition) is 1. The molecule has 0 aliphatic carbocycles. The van der Waals surface area contributed by atoms with Crippen LogP contribution in [-0.2, 0) is 0 Å². The van der Waals surface area contributed by atoms with Gasteiger partial charge in [0.05, 0.1) is 6.10 Å². The van der Waals surface area contributed by atoms with Crippen molar-refractivity contribution in [3.05, 3.63) is 34.9 Å². The number of hydrogen-bond acceptors (Lipinski definition) is 1. The number of benzene rings is 1. The molecule has 1 rings (SSSR count). The van der Waals surface area contributed by atoms with Crippen LogP contribution < -0.4 is 0 Å². The lowest BCUT2D eigenvalue weighted by molar-refractivity contribution is 0.163. The van der Waals surface area contributed by atoms with Crippen LogP contribution in [0.2, 0.25) is 5.02 Å².